The molecule has 0 aliphatic carbocycles. The van der Waals surface area contributed by atoms with Crippen LogP contribution in [0.4, 0.5) is 0 Å². The van der Waals surface area contributed by atoms with Crippen LogP contribution in [0.15, 0.2) is 77.3 Å². The van der Waals surface area contributed by atoms with Gasteiger partial charge in [0.15, 0.2) is 0 Å². The summed E-state index contributed by atoms with van der Waals surface area (Å²) >= 11 is 0. The van der Waals surface area contributed by atoms with Gasteiger partial charge in [-0.1, -0.05) is 71.0 Å². The van der Waals surface area contributed by atoms with E-state index in [-0.39, 0.29) is 16.8 Å². The van der Waals surface area contributed by atoms with Crippen molar-refractivity contribution in [1.82, 2.24) is 9.97 Å². The summed E-state index contributed by atoms with van der Waals surface area (Å²) in [5.41, 5.74) is 3.86. The highest BCUT2D eigenvalue weighted by Crippen LogP contribution is 2.36. The average molecular weight is 454 g/mol. The van der Waals surface area contributed by atoms with E-state index in [1.54, 1.807) is 12.3 Å². The highest BCUT2D eigenvalue weighted by Gasteiger charge is 2.23. The molecule has 34 heavy (non-hydrogen) atoms. The lowest BCUT2D eigenvalue weighted by Gasteiger charge is -2.26. The maximum atomic E-state index is 9.16. The Morgan fingerprint density at radius 1 is 0.882 bits per heavy atom. The first-order chi connectivity index (χ1) is 18.1. The monoisotopic (exact) mass is 453 g/mol. The molecule has 3 heterocycles. The van der Waals surface area contributed by atoms with E-state index < -0.39 is 18.6 Å². The number of benzene rings is 2. The molecule has 0 aliphatic heterocycles. The predicted octanol–water partition coefficient (Wildman–Crippen LogP) is 8.17. The zero-order chi connectivity index (χ0) is 28.4. The van der Waals surface area contributed by atoms with Gasteiger partial charge in [-0.2, -0.15) is 0 Å². The van der Waals surface area contributed by atoms with Crippen molar-refractivity contribution < 1.29 is 11.3 Å². The Kier molecular flexibility index (Phi) is 4.06. The molecular weight excluding hydrogens is 416 g/mol. The number of rotatable bonds is 4. The molecule has 0 saturated heterocycles. The smallest absolute Gasteiger partial charge is 0.227 e. The molecule has 0 saturated carbocycles. The van der Waals surface area contributed by atoms with Gasteiger partial charge in [-0.15, -0.1) is 0 Å². The number of pyridine rings is 2. The van der Waals surface area contributed by atoms with Gasteiger partial charge in [0.25, 0.3) is 0 Å². The summed E-state index contributed by atoms with van der Waals surface area (Å²) in [4.78, 5) is 8.86. The highest BCUT2D eigenvalue weighted by molar-refractivity contribution is 6.08. The van der Waals surface area contributed by atoms with Gasteiger partial charge in [0.1, 0.15) is 5.58 Å². The lowest BCUT2D eigenvalue weighted by Crippen LogP contribution is -2.21. The Morgan fingerprint density at radius 3 is 2.41 bits per heavy atom. The summed E-state index contributed by atoms with van der Waals surface area (Å²) < 4.78 is 47.5. The van der Waals surface area contributed by atoms with E-state index in [1.807, 2.05) is 68.4 Å². The zero-order valence-electron chi connectivity index (χ0n) is 25.2. The van der Waals surface area contributed by atoms with Crippen LogP contribution in [0.3, 0.4) is 0 Å². The molecule has 0 unspecified atom stereocenters. The molecule has 3 nitrogen and oxygen atoms in total. The van der Waals surface area contributed by atoms with E-state index in [1.165, 1.54) is 6.07 Å². The van der Waals surface area contributed by atoms with Crippen LogP contribution in [-0.4, -0.2) is 9.97 Å². The lowest BCUT2D eigenvalue weighted by molar-refractivity contribution is 0.521. The van der Waals surface area contributed by atoms with E-state index in [0.29, 0.717) is 16.8 Å². The topological polar surface area (TPSA) is 38.9 Å². The van der Waals surface area contributed by atoms with Crippen molar-refractivity contribution >= 4 is 22.1 Å². The number of nitrogens with zero attached hydrogens (tertiary/aromatic N) is 2. The van der Waals surface area contributed by atoms with E-state index in [2.05, 4.69) is 30.7 Å². The molecule has 0 amide bonds. The van der Waals surface area contributed by atoms with Crippen molar-refractivity contribution in [2.24, 2.45) is 0 Å². The number of hydrogen-bond acceptors (Lipinski definition) is 3. The lowest BCUT2D eigenvalue weighted by atomic mass is 9.78. The van der Waals surface area contributed by atoms with Crippen molar-refractivity contribution in [3.8, 4) is 11.3 Å². The highest BCUT2D eigenvalue weighted by atomic mass is 16.3. The summed E-state index contributed by atoms with van der Waals surface area (Å²) in [6.07, 6.45) is 0.0284. The van der Waals surface area contributed by atoms with E-state index in [0.717, 1.165) is 27.5 Å². The molecule has 5 rings (SSSR count). The molecule has 0 radical (unpaired) electrons. The Morgan fingerprint density at radius 2 is 1.68 bits per heavy atom. The molecule has 0 bridgehead atoms. The van der Waals surface area contributed by atoms with Crippen LogP contribution in [0.1, 0.15) is 63.9 Å². The molecule has 0 spiro atoms. The molecule has 0 aliphatic rings. The summed E-state index contributed by atoms with van der Waals surface area (Å²) in [5.74, 6) is 0. The van der Waals surface area contributed by atoms with Gasteiger partial charge in [0, 0.05) is 35.1 Å². The van der Waals surface area contributed by atoms with Gasteiger partial charge >= 0.3 is 0 Å². The Labute approximate surface area is 208 Å². The SMILES string of the molecule is [2H]C([2H])([2H])c1ccc2c(n1)oc1c(-c3cc(C(C)(C)C([2H])([2H])c4ccc(C(C)(C)C)cc4)ccn3)cccc12. The fraction of sp³-hybridized carbons (Fsp3) is 0.290. The predicted molar refractivity (Wildman–Crippen MR) is 141 cm³/mol. The molecule has 0 fully saturated rings. The molecule has 5 aromatic rings. The normalized spacial score (nSPS) is 15.5. The number of para-hydroxylation sites is 1. The third-order valence-corrected chi connectivity index (χ3v) is 6.33. The minimum Gasteiger partial charge on any atom is -0.437 e. The first-order valence-corrected chi connectivity index (χ1v) is 11.5. The number of fused-ring (bicyclic) bond motifs is 3. The van der Waals surface area contributed by atoms with Crippen molar-refractivity contribution in [1.29, 1.82) is 0 Å². The van der Waals surface area contributed by atoms with E-state index in [9.17, 15) is 0 Å². The maximum Gasteiger partial charge on any atom is 0.227 e. The Balaban J connectivity index is 1.58. The third kappa shape index (κ3) is 4.11. The van der Waals surface area contributed by atoms with Crippen LogP contribution < -0.4 is 0 Å². The first-order valence-electron chi connectivity index (χ1n) is 14.0. The summed E-state index contributed by atoms with van der Waals surface area (Å²) in [7, 11) is 0. The Hall–Kier alpha value is -3.46. The molecule has 172 valence electrons. The van der Waals surface area contributed by atoms with Gasteiger partial charge in [-0.3, -0.25) is 4.98 Å². The van der Waals surface area contributed by atoms with E-state index in [4.69, 9.17) is 11.3 Å². The van der Waals surface area contributed by atoms with Crippen molar-refractivity contribution in [2.75, 3.05) is 0 Å². The van der Waals surface area contributed by atoms with Gasteiger partial charge in [0.2, 0.25) is 5.71 Å². The van der Waals surface area contributed by atoms with Crippen molar-refractivity contribution in [3.63, 3.8) is 0 Å². The largest absolute Gasteiger partial charge is 0.437 e. The van der Waals surface area contributed by atoms with Crippen LogP contribution in [0, 0.1) is 6.85 Å². The second-order valence-electron chi connectivity index (χ2n) is 10.3. The van der Waals surface area contributed by atoms with Crippen LogP contribution in [0.5, 0.6) is 0 Å². The molecule has 2 aromatic carbocycles. The fourth-order valence-electron chi connectivity index (χ4n) is 4.33. The molecule has 0 N–H and O–H groups in total. The van der Waals surface area contributed by atoms with Gasteiger partial charge in [-0.05, 0) is 71.1 Å². The molecular formula is C31H32N2O. The maximum absolute atomic E-state index is 9.16. The first kappa shape index (κ1) is 17.0. The number of furan rings is 1. The summed E-state index contributed by atoms with van der Waals surface area (Å²) in [6, 6.07) is 20.5. The molecule has 3 heteroatoms. The standard InChI is InChI=1S/C31H32N2O/c1-20-10-15-25-24-8-7-9-26(28(24)34-29(25)33-20)27-18-23(16-17-32-27)31(5,6)19-21-11-13-22(14-12-21)30(2,3)4/h7-18H,19H2,1-6H3/i1D3,19D2. The quantitative estimate of drug-likeness (QED) is 0.275. The van der Waals surface area contributed by atoms with Crippen LogP contribution in [0.25, 0.3) is 33.3 Å². The van der Waals surface area contributed by atoms with Gasteiger partial charge in [0.05, 0.1) is 5.69 Å². The van der Waals surface area contributed by atoms with Crippen LogP contribution in [-0.2, 0) is 17.2 Å². The zero-order valence-corrected chi connectivity index (χ0v) is 20.2. The fourth-order valence-corrected chi connectivity index (χ4v) is 4.33. The van der Waals surface area contributed by atoms with Gasteiger partial charge < -0.3 is 4.42 Å². The van der Waals surface area contributed by atoms with E-state index >= 15 is 0 Å². The Bertz CT molecular complexity index is 1680. The average Bonchev–Trinajstić information content (AvgIpc) is 3.26. The molecule has 3 aromatic heterocycles. The van der Waals surface area contributed by atoms with Crippen LogP contribution >= 0.6 is 0 Å². The summed E-state index contributed by atoms with van der Waals surface area (Å²) in [6.45, 7) is 7.92. The van der Waals surface area contributed by atoms with Crippen molar-refractivity contribution in [2.45, 2.75) is 58.7 Å². The number of hydrogen-bond donors (Lipinski definition) is 0. The summed E-state index contributed by atoms with van der Waals surface area (Å²) in [5, 5.41) is 1.54. The second-order valence-corrected chi connectivity index (χ2v) is 10.3. The van der Waals surface area contributed by atoms with Crippen molar-refractivity contribution in [3.05, 3.63) is 95.3 Å². The third-order valence-electron chi connectivity index (χ3n) is 6.33. The molecule has 0 atom stereocenters. The number of aromatic nitrogens is 2. The van der Waals surface area contributed by atoms with Gasteiger partial charge in [-0.25, -0.2) is 4.98 Å². The second kappa shape index (κ2) is 8.09. The minimum atomic E-state index is -2.33. The number of aryl methyl sites for hydroxylation is 1. The minimum absolute atomic E-state index is 0.0116. The van der Waals surface area contributed by atoms with Crippen LogP contribution in [0.2, 0.25) is 0 Å².